The van der Waals surface area contributed by atoms with Crippen molar-refractivity contribution in [2.75, 3.05) is 27.3 Å². The summed E-state index contributed by atoms with van der Waals surface area (Å²) in [5.41, 5.74) is 0. The van der Waals surface area contributed by atoms with Crippen molar-refractivity contribution in [2.24, 2.45) is 0 Å². The summed E-state index contributed by atoms with van der Waals surface area (Å²) in [6.07, 6.45) is 0.463. The molecule has 1 rings (SSSR count). The van der Waals surface area contributed by atoms with Gasteiger partial charge in [-0.25, -0.2) is 0 Å². The van der Waals surface area contributed by atoms with Crippen molar-refractivity contribution in [3.8, 4) is 0 Å². The summed E-state index contributed by atoms with van der Waals surface area (Å²) in [6, 6.07) is 0. The van der Waals surface area contributed by atoms with E-state index in [0.29, 0.717) is 19.5 Å². The van der Waals surface area contributed by atoms with E-state index in [1.54, 1.807) is 19.1 Å². The van der Waals surface area contributed by atoms with E-state index in [-0.39, 0.29) is 30.3 Å². The lowest BCUT2D eigenvalue weighted by Crippen LogP contribution is -2.30. The summed E-state index contributed by atoms with van der Waals surface area (Å²) in [5, 5.41) is 0. The molecule has 5 heteroatoms. The Morgan fingerprint density at radius 3 is 2.00 bits per heavy atom. The summed E-state index contributed by atoms with van der Waals surface area (Å²) in [7, 11) is 3.22. The molecule has 1 saturated heterocycles. The highest BCUT2D eigenvalue weighted by Crippen LogP contribution is 2.16. The van der Waals surface area contributed by atoms with Crippen LogP contribution < -0.4 is 0 Å². The van der Waals surface area contributed by atoms with Crippen LogP contribution in [0.25, 0.3) is 0 Å². The Morgan fingerprint density at radius 2 is 1.62 bits per heavy atom. The number of nitrogens with zero attached hydrogens (tertiary/aromatic N) is 1. The second kappa shape index (κ2) is 5.96. The van der Waals surface area contributed by atoms with Crippen LogP contribution in [0.15, 0.2) is 0 Å². The predicted octanol–water partition coefficient (Wildman–Crippen LogP) is 0.228. The zero-order chi connectivity index (χ0) is 12.1. The minimum Gasteiger partial charge on any atom is -0.377 e. The average Bonchev–Trinajstić information content (AvgIpc) is 2.68. The minimum atomic E-state index is -0.0636. The van der Waals surface area contributed by atoms with Gasteiger partial charge in [0, 0.05) is 40.2 Å². The summed E-state index contributed by atoms with van der Waals surface area (Å²) >= 11 is 0. The first-order chi connectivity index (χ1) is 7.58. The third kappa shape index (κ3) is 3.28. The molecule has 2 atom stereocenters. The molecule has 1 heterocycles. The van der Waals surface area contributed by atoms with Gasteiger partial charge in [-0.2, -0.15) is 0 Å². The van der Waals surface area contributed by atoms with Gasteiger partial charge in [0.1, 0.15) is 18.0 Å². The highest BCUT2D eigenvalue weighted by molar-refractivity contribution is 5.83. The Morgan fingerprint density at radius 1 is 1.12 bits per heavy atom. The number of likely N-dealkylation sites (tertiary alicyclic amines) is 1. The fourth-order valence-electron chi connectivity index (χ4n) is 1.84. The van der Waals surface area contributed by atoms with Gasteiger partial charge in [-0.3, -0.25) is 4.79 Å². The number of Topliss-reactive ketones (excluding diaryl/α,β-unsaturated/α-hetero) is 1. The molecule has 92 valence electrons. The molecule has 0 N–H and O–H groups in total. The van der Waals surface area contributed by atoms with E-state index in [0.717, 1.165) is 0 Å². The fraction of sp³-hybridized carbons (Fsp3) is 0.818. The van der Waals surface area contributed by atoms with E-state index < -0.39 is 0 Å². The lowest BCUT2D eigenvalue weighted by atomic mass is 10.2. The monoisotopic (exact) mass is 229 g/mol. The Kier molecular flexibility index (Phi) is 4.89. The number of hydrogen-bond acceptors (Lipinski definition) is 4. The number of amides is 1. The third-order valence-corrected chi connectivity index (χ3v) is 2.86. The van der Waals surface area contributed by atoms with Gasteiger partial charge in [0.25, 0.3) is 0 Å². The molecule has 0 aliphatic carbocycles. The quantitative estimate of drug-likeness (QED) is 0.677. The molecule has 0 aromatic carbocycles. The Bertz CT molecular complexity index is 255. The molecule has 0 bridgehead atoms. The molecule has 0 saturated carbocycles. The second-order valence-corrected chi connectivity index (χ2v) is 4.05. The molecule has 0 spiro atoms. The summed E-state index contributed by atoms with van der Waals surface area (Å²) in [4.78, 5) is 24.2. The first-order valence-electron chi connectivity index (χ1n) is 5.41. The number of ether oxygens (including phenoxy) is 2. The topological polar surface area (TPSA) is 55.8 Å². The maximum Gasteiger partial charge on any atom is 0.223 e. The van der Waals surface area contributed by atoms with Gasteiger partial charge >= 0.3 is 0 Å². The molecule has 0 aromatic rings. The molecule has 0 aromatic heterocycles. The lowest BCUT2D eigenvalue weighted by Gasteiger charge is -2.14. The van der Waals surface area contributed by atoms with Crippen LogP contribution in [0.3, 0.4) is 0 Å². The molecule has 1 amide bonds. The number of carbonyl (C=O) groups is 2. The maximum atomic E-state index is 11.7. The number of carbonyl (C=O) groups excluding carboxylic acids is 2. The van der Waals surface area contributed by atoms with Crippen LogP contribution >= 0.6 is 0 Å². The standard InChI is InChI=1S/C11H19NO4/c1-8(13)4-5-11(14)12-6-9(15-2)10(7-12)16-3/h9-10H,4-7H2,1-3H3. The van der Waals surface area contributed by atoms with Gasteiger partial charge in [-0.15, -0.1) is 0 Å². The molecule has 1 fully saturated rings. The first-order valence-corrected chi connectivity index (χ1v) is 5.41. The van der Waals surface area contributed by atoms with Gasteiger partial charge < -0.3 is 19.2 Å². The van der Waals surface area contributed by atoms with Crippen molar-refractivity contribution in [3.05, 3.63) is 0 Å². The molecule has 1 aliphatic rings. The zero-order valence-electron chi connectivity index (χ0n) is 10.1. The molecule has 16 heavy (non-hydrogen) atoms. The van der Waals surface area contributed by atoms with Crippen molar-refractivity contribution in [2.45, 2.75) is 32.0 Å². The van der Waals surface area contributed by atoms with Crippen LogP contribution in [-0.2, 0) is 19.1 Å². The van der Waals surface area contributed by atoms with Crippen molar-refractivity contribution in [3.63, 3.8) is 0 Å². The number of ketones is 1. The van der Waals surface area contributed by atoms with Crippen molar-refractivity contribution < 1.29 is 19.1 Å². The largest absolute Gasteiger partial charge is 0.377 e. The molecule has 2 unspecified atom stereocenters. The van der Waals surface area contributed by atoms with E-state index in [1.165, 1.54) is 6.92 Å². The van der Waals surface area contributed by atoms with Crippen LogP contribution in [0.5, 0.6) is 0 Å². The normalized spacial score (nSPS) is 24.8. The van der Waals surface area contributed by atoms with Gasteiger partial charge in [0.05, 0.1) is 0 Å². The molecular formula is C11H19NO4. The second-order valence-electron chi connectivity index (χ2n) is 4.05. The first kappa shape index (κ1) is 13.1. The van der Waals surface area contributed by atoms with E-state index in [4.69, 9.17) is 9.47 Å². The SMILES string of the molecule is COC1CN(C(=O)CCC(C)=O)CC1OC. The Balaban J connectivity index is 2.44. The van der Waals surface area contributed by atoms with Gasteiger partial charge in [0.15, 0.2) is 0 Å². The predicted molar refractivity (Wildman–Crippen MR) is 58.1 cm³/mol. The average molecular weight is 229 g/mol. The van der Waals surface area contributed by atoms with E-state index in [9.17, 15) is 9.59 Å². The van der Waals surface area contributed by atoms with Gasteiger partial charge in [-0.1, -0.05) is 0 Å². The number of hydrogen-bond donors (Lipinski definition) is 0. The Labute approximate surface area is 95.7 Å². The lowest BCUT2D eigenvalue weighted by molar-refractivity contribution is -0.132. The number of methoxy groups -OCH3 is 2. The van der Waals surface area contributed by atoms with Gasteiger partial charge in [-0.05, 0) is 6.92 Å². The van der Waals surface area contributed by atoms with Crippen LogP contribution in [0, 0.1) is 0 Å². The van der Waals surface area contributed by atoms with Crippen LogP contribution in [0.2, 0.25) is 0 Å². The fourth-order valence-corrected chi connectivity index (χ4v) is 1.84. The van der Waals surface area contributed by atoms with Crippen LogP contribution in [0.4, 0.5) is 0 Å². The van der Waals surface area contributed by atoms with Crippen molar-refractivity contribution in [1.29, 1.82) is 0 Å². The summed E-state index contributed by atoms with van der Waals surface area (Å²) in [6.45, 7) is 2.59. The third-order valence-electron chi connectivity index (χ3n) is 2.86. The van der Waals surface area contributed by atoms with E-state index in [1.807, 2.05) is 0 Å². The molecule has 5 nitrogen and oxygen atoms in total. The number of rotatable bonds is 5. The Hall–Kier alpha value is -0.940. The summed E-state index contributed by atoms with van der Waals surface area (Å²) < 4.78 is 10.5. The smallest absolute Gasteiger partial charge is 0.223 e. The minimum absolute atomic E-state index is 0.00296. The maximum absolute atomic E-state index is 11.7. The highest BCUT2D eigenvalue weighted by Gasteiger charge is 2.35. The van der Waals surface area contributed by atoms with Gasteiger partial charge in [0.2, 0.25) is 5.91 Å². The highest BCUT2D eigenvalue weighted by atomic mass is 16.5. The summed E-state index contributed by atoms with van der Waals surface area (Å²) in [5.74, 6) is 0.0379. The van der Waals surface area contributed by atoms with Crippen molar-refractivity contribution in [1.82, 2.24) is 4.90 Å². The molecular weight excluding hydrogens is 210 g/mol. The van der Waals surface area contributed by atoms with Crippen LogP contribution in [-0.4, -0.2) is 56.1 Å². The molecule has 1 aliphatic heterocycles. The van der Waals surface area contributed by atoms with E-state index >= 15 is 0 Å². The van der Waals surface area contributed by atoms with E-state index in [2.05, 4.69) is 0 Å². The molecule has 0 radical (unpaired) electrons. The van der Waals surface area contributed by atoms with Crippen LogP contribution in [0.1, 0.15) is 19.8 Å². The van der Waals surface area contributed by atoms with Crippen molar-refractivity contribution >= 4 is 11.7 Å². The zero-order valence-corrected chi connectivity index (χ0v) is 10.1.